The highest BCUT2D eigenvalue weighted by Crippen LogP contribution is 2.39. The SMILES string of the molecule is COC(=O)Nc1ccc(-c2nc(N3CCOCC3)c3c(n2)N2CCOC[C@@H]2C3)cc1. The normalized spacial score (nSPS) is 20.5. The molecule has 4 heterocycles. The number of carbonyl (C=O) groups is 1. The number of nitrogens with zero attached hydrogens (tertiary/aromatic N) is 4. The monoisotopic (exact) mass is 411 g/mol. The molecule has 3 aliphatic rings. The van der Waals surface area contributed by atoms with Crippen molar-refractivity contribution >= 4 is 23.4 Å². The van der Waals surface area contributed by atoms with E-state index in [1.165, 1.54) is 12.7 Å². The van der Waals surface area contributed by atoms with Crippen LogP contribution < -0.4 is 15.1 Å². The van der Waals surface area contributed by atoms with Crippen LogP contribution in [-0.2, 0) is 20.6 Å². The van der Waals surface area contributed by atoms with Gasteiger partial charge in [0, 0.05) is 42.9 Å². The number of carbonyl (C=O) groups excluding carboxylic acids is 1. The van der Waals surface area contributed by atoms with Crippen LogP contribution in [0.3, 0.4) is 0 Å². The molecule has 0 bridgehead atoms. The molecule has 1 N–H and O–H groups in total. The topological polar surface area (TPSA) is 89.0 Å². The van der Waals surface area contributed by atoms with Gasteiger partial charge in [-0.25, -0.2) is 14.8 Å². The van der Waals surface area contributed by atoms with Gasteiger partial charge in [0.2, 0.25) is 0 Å². The van der Waals surface area contributed by atoms with Gasteiger partial charge in [0.1, 0.15) is 11.6 Å². The minimum absolute atomic E-state index is 0.324. The van der Waals surface area contributed by atoms with Crippen molar-refractivity contribution < 1.29 is 19.0 Å². The number of anilines is 3. The van der Waals surface area contributed by atoms with E-state index in [4.69, 9.17) is 19.4 Å². The number of nitrogens with one attached hydrogen (secondary N) is 1. The highest BCUT2D eigenvalue weighted by Gasteiger charge is 2.37. The Morgan fingerprint density at radius 2 is 1.80 bits per heavy atom. The van der Waals surface area contributed by atoms with Gasteiger partial charge in [-0.3, -0.25) is 5.32 Å². The Kier molecular flexibility index (Phi) is 5.14. The molecule has 2 saturated heterocycles. The van der Waals surface area contributed by atoms with Gasteiger partial charge in [0.15, 0.2) is 5.82 Å². The van der Waals surface area contributed by atoms with Gasteiger partial charge in [-0.2, -0.15) is 0 Å². The smallest absolute Gasteiger partial charge is 0.411 e. The third-order valence-corrected chi connectivity index (χ3v) is 5.79. The largest absolute Gasteiger partial charge is 0.453 e. The van der Waals surface area contributed by atoms with Crippen molar-refractivity contribution in [3.63, 3.8) is 0 Å². The second-order valence-corrected chi connectivity index (χ2v) is 7.59. The molecule has 158 valence electrons. The maximum Gasteiger partial charge on any atom is 0.411 e. The van der Waals surface area contributed by atoms with Crippen LogP contribution in [0.4, 0.5) is 22.1 Å². The van der Waals surface area contributed by atoms with E-state index in [0.29, 0.717) is 30.8 Å². The van der Waals surface area contributed by atoms with Crippen LogP contribution in [0, 0.1) is 0 Å². The fourth-order valence-electron chi connectivity index (χ4n) is 4.26. The number of ether oxygens (including phenoxy) is 3. The van der Waals surface area contributed by atoms with E-state index in [-0.39, 0.29) is 0 Å². The second-order valence-electron chi connectivity index (χ2n) is 7.59. The van der Waals surface area contributed by atoms with Crippen LogP contribution in [0.25, 0.3) is 11.4 Å². The minimum Gasteiger partial charge on any atom is -0.453 e. The number of hydrogen-bond donors (Lipinski definition) is 1. The summed E-state index contributed by atoms with van der Waals surface area (Å²) in [5.41, 5.74) is 2.77. The van der Waals surface area contributed by atoms with Crippen LogP contribution in [0.5, 0.6) is 0 Å². The third kappa shape index (κ3) is 3.54. The summed E-state index contributed by atoms with van der Waals surface area (Å²) in [6.07, 6.45) is 0.411. The van der Waals surface area contributed by atoms with Gasteiger partial charge in [0.25, 0.3) is 0 Å². The Hall–Kier alpha value is -2.91. The van der Waals surface area contributed by atoms with Crippen molar-refractivity contribution in [3.8, 4) is 11.4 Å². The number of rotatable bonds is 3. The molecule has 2 aromatic rings. The Morgan fingerprint density at radius 3 is 2.57 bits per heavy atom. The highest BCUT2D eigenvalue weighted by atomic mass is 16.5. The zero-order chi connectivity index (χ0) is 20.5. The number of amides is 1. The van der Waals surface area contributed by atoms with E-state index < -0.39 is 6.09 Å². The van der Waals surface area contributed by atoms with E-state index >= 15 is 0 Å². The summed E-state index contributed by atoms with van der Waals surface area (Å²) in [5, 5.41) is 2.67. The van der Waals surface area contributed by atoms with Crippen LogP contribution in [0.1, 0.15) is 5.56 Å². The third-order valence-electron chi connectivity index (χ3n) is 5.79. The molecule has 0 aliphatic carbocycles. The summed E-state index contributed by atoms with van der Waals surface area (Å²) in [4.78, 5) is 26.0. The van der Waals surface area contributed by atoms with Gasteiger partial charge in [-0.1, -0.05) is 0 Å². The van der Waals surface area contributed by atoms with Crippen LogP contribution in [0.2, 0.25) is 0 Å². The number of benzene rings is 1. The van der Waals surface area contributed by atoms with Gasteiger partial charge < -0.3 is 24.0 Å². The van der Waals surface area contributed by atoms with E-state index in [1.807, 2.05) is 24.3 Å². The number of aromatic nitrogens is 2. The van der Waals surface area contributed by atoms with Crippen LogP contribution in [0.15, 0.2) is 24.3 Å². The summed E-state index contributed by atoms with van der Waals surface area (Å²) in [7, 11) is 1.34. The van der Waals surface area contributed by atoms with Gasteiger partial charge >= 0.3 is 6.09 Å². The first-order valence-corrected chi connectivity index (χ1v) is 10.3. The Labute approximate surface area is 174 Å². The molecule has 1 atom stereocenters. The van der Waals surface area contributed by atoms with E-state index in [2.05, 4.69) is 19.9 Å². The fourth-order valence-corrected chi connectivity index (χ4v) is 4.26. The lowest BCUT2D eigenvalue weighted by atomic mass is 10.1. The Morgan fingerprint density at radius 1 is 1.07 bits per heavy atom. The maximum absolute atomic E-state index is 11.4. The number of methoxy groups -OCH3 is 1. The molecule has 2 fully saturated rings. The molecule has 5 rings (SSSR count). The summed E-state index contributed by atoms with van der Waals surface area (Å²) < 4.78 is 15.9. The molecule has 9 nitrogen and oxygen atoms in total. The molecular weight excluding hydrogens is 386 g/mol. The zero-order valence-corrected chi connectivity index (χ0v) is 17.0. The number of morpholine rings is 2. The lowest BCUT2D eigenvalue weighted by Crippen LogP contribution is -2.43. The predicted octanol–water partition coefficient (Wildman–Crippen LogP) is 1.92. The van der Waals surface area contributed by atoms with Crippen molar-refractivity contribution in [2.24, 2.45) is 0 Å². The van der Waals surface area contributed by atoms with E-state index in [9.17, 15) is 4.79 Å². The fraction of sp³-hybridized carbons (Fsp3) is 0.476. The molecule has 0 saturated carbocycles. The zero-order valence-electron chi connectivity index (χ0n) is 17.0. The molecule has 0 spiro atoms. The summed E-state index contributed by atoms with van der Waals surface area (Å²) in [6.45, 7) is 5.35. The molecule has 3 aliphatic heterocycles. The Balaban J connectivity index is 1.52. The average Bonchev–Trinajstić information content (AvgIpc) is 3.18. The van der Waals surface area contributed by atoms with Gasteiger partial charge in [0.05, 0.1) is 39.6 Å². The first kappa shape index (κ1) is 19.1. The molecule has 9 heteroatoms. The summed E-state index contributed by atoms with van der Waals surface area (Å²) in [5.74, 6) is 2.71. The van der Waals surface area contributed by atoms with E-state index in [0.717, 1.165) is 56.5 Å². The van der Waals surface area contributed by atoms with Gasteiger partial charge in [-0.15, -0.1) is 0 Å². The first-order valence-electron chi connectivity index (χ1n) is 10.3. The Bertz CT molecular complexity index is 930. The van der Waals surface area contributed by atoms with Crippen molar-refractivity contribution in [2.45, 2.75) is 12.5 Å². The molecule has 0 unspecified atom stereocenters. The van der Waals surface area contributed by atoms with Crippen molar-refractivity contribution in [1.82, 2.24) is 9.97 Å². The summed E-state index contributed by atoms with van der Waals surface area (Å²) >= 11 is 0. The number of fused-ring (bicyclic) bond motifs is 3. The molecule has 1 aromatic carbocycles. The lowest BCUT2D eigenvalue weighted by molar-refractivity contribution is 0.0973. The van der Waals surface area contributed by atoms with Gasteiger partial charge in [-0.05, 0) is 24.3 Å². The summed E-state index contributed by atoms with van der Waals surface area (Å²) in [6, 6.07) is 7.82. The number of hydrogen-bond acceptors (Lipinski definition) is 8. The molecule has 30 heavy (non-hydrogen) atoms. The van der Waals surface area contributed by atoms with Crippen LogP contribution in [-0.4, -0.2) is 75.3 Å². The minimum atomic E-state index is -0.496. The quantitative estimate of drug-likeness (QED) is 0.820. The molecule has 0 radical (unpaired) electrons. The lowest BCUT2D eigenvalue weighted by Gasteiger charge is -2.31. The van der Waals surface area contributed by atoms with Crippen molar-refractivity contribution in [2.75, 3.05) is 68.3 Å². The highest BCUT2D eigenvalue weighted by molar-refractivity contribution is 5.85. The average molecular weight is 411 g/mol. The molecular formula is C21H25N5O4. The predicted molar refractivity (Wildman–Crippen MR) is 112 cm³/mol. The maximum atomic E-state index is 11.4. The van der Waals surface area contributed by atoms with Crippen LogP contribution >= 0.6 is 0 Å². The molecule has 1 amide bonds. The van der Waals surface area contributed by atoms with Crippen molar-refractivity contribution in [1.29, 1.82) is 0 Å². The van der Waals surface area contributed by atoms with E-state index in [1.54, 1.807) is 0 Å². The second kappa shape index (κ2) is 8.08. The standard InChI is InChI=1S/C21H25N5O4/c1-28-21(27)22-15-4-2-14(3-5-15)18-23-19(25-6-9-29-10-7-25)17-12-16-13-30-11-8-26(16)20(17)24-18/h2-5,16H,6-13H2,1H3,(H,22,27)/t16-/m0/s1. The molecule has 1 aromatic heterocycles. The van der Waals surface area contributed by atoms with Crippen molar-refractivity contribution in [3.05, 3.63) is 29.8 Å². The first-order chi connectivity index (χ1) is 14.7.